The highest BCUT2D eigenvalue weighted by atomic mass is 16.2. The fourth-order valence-electron chi connectivity index (χ4n) is 3.86. The molecule has 0 fully saturated rings. The molecule has 5 rings (SSSR count). The molecule has 7 nitrogen and oxygen atoms in total. The van der Waals surface area contributed by atoms with Crippen LogP contribution < -0.4 is 5.32 Å². The second-order valence-corrected chi connectivity index (χ2v) is 7.19. The summed E-state index contributed by atoms with van der Waals surface area (Å²) < 4.78 is 3.72. The first kappa shape index (κ1) is 16.7. The van der Waals surface area contributed by atoms with Crippen LogP contribution in [0.4, 0.5) is 0 Å². The van der Waals surface area contributed by atoms with Crippen LogP contribution in [0.1, 0.15) is 32.8 Å². The van der Waals surface area contributed by atoms with Gasteiger partial charge in [-0.1, -0.05) is 12.1 Å². The number of nitrogens with one attached hydrogen (secondary N) is 1. The Morgan fingerprint density at radius 1 is 1.18 bits per heavy atom. The number of amides is 1. The monoisotopic (exact) mass is 373 g/mol. The number of rotatable bonds is 3. The van der Waals surface area contributed by atoms with E-state index in [2.05, 4.69) is 15.4 Å². The molecular formula is C21H19N5O2. The van der Waals surface area contributed by atoms with E-state index in [1.807, 2.05) is 41.9 Å². The molecule has 0 saturated heterocycles. The largest absolute Gasteiger partial charge is 0.351 e. The Bertz CT molecular complexity index is 1250. The Hall–Kier alpha value is -3.48. The van der Waals surface area contributed by atoms with Gasteiger partial charge in [-0.15, -0.1) is 0 Å². The predicted octanol–water partition coefficient (Wildman–Crippen LogP) is 2.48. The lowest BCUT2D eigenvalue weighted by molar-refractivity contribution is 0.0950. The van der Waals surface area contributed by atoms with Crippen molar-refractivity contribution >= 4 is 33.6 Å². The highest BCUT2D eigenvalue weighted by Gasteiger charge is 2.19. The number of hydrogen-bond acceptors (Lipinski definition) is 4. The molecule has 4 aromatic rings. The third-order valence-corrected chi connectivity index (χ3v) is 5.30. The van der Waals surface area contributed by atoms with E-state index in [4.69, 9.17) is 0 Å². The summed E-state index contributed by atoms with van der Waals surface area (Å²) in [5.41, 5.74) is 3.89. The minimum absolute atomic E-state index is 0.0283. The average Bonchev–Trinajstić information content (AvgIpc) is 3.19. The minimum Gasteiger partial charge on any atom is -0.351 e. The molecular weight excluding hydrogens is 354 g/mol. The van der Waals surface area contributed by atoms with E-state index >= 15 is 0 Å². The first-order valence-electron chi connectivity index (χ1n) is 9.31. The summed E-state index contributed by atoms with van der Waals surface area (Å²) in [5.74, 6) is -0.0296. The summed E-state index contributed by atoms with van der Waals surface area (Å²) in [6.07, 6.45) is 4.63. The van der Waals surface area contributed by atoms with Crippen LogP contribution in [-0.2, 0) is 20.0 Å². The normalized spacial score (nSPS) is 14.1. The van der Waals surface area contributed by atoms with Crippen molar-refractivity contribution < 1.29 is 9.59 Å². The van der Waals surface area contributed by atoms with Gasteiger partial charge in [0, 0.05) is 54.6 Å². The van der Waals surface area contributed by atoms with Crippen LogP contribution in [0.2, 0.25) is 0 Å². The summed E-state index contributed by atoms with van der Waals surface area (Å²) in [5, 5.41) is 8.99. The molecule has 140 valence electrons. The molecule has 3 aromatic heterocycles. The van der Waals surface area contributed by atoms with E-state index < -0.39 is 0 Å². The lowest BCUT2D eigenvalue weighted by Crippen LogP contribution is -2.22. The zero-order valence-electron chi connectivity index (χ0n) is 15.5. The number of benzene rings is 1. The topological polar surface area (TPSA) is 81.8 Å². The highest BCUT2D eigenvalue weighted by molar-refractivity contribution is 6.03. The first-order valence-corrected chi connectivity index (χ1v) is 9.31. The van der Waals surface area contributed by atoms with Crippen molar-refractivity contribution in [2.45, 2.75) is 19.4 Å². The molecule has 0 saturated carbocycles. The van der Waals surface area contributed by atoms with Crippen molar-refractivity contribution in [1.29, 1.82) is 0 Å². The number of ketones is 1. The summed E-state index contributed by atoms with van der Waals surface area (Å²) in [4.78, 5) is 29.5. The summed E-state index contributed by atoms with van der Waals surface area (Å²) in [6, 6.07) is 9.50. The first-order chi connectivity index (χ1) is 13.6. The lowest BCUT2D eigenvalue weighted by atomic mass is 10.0. The maximum atomic E-state index is 12.9. The van der Waals surface area contributed by atoms with Gasteiger partial charge in [-0.3, -0.25) is 14.3 Å². The van der Waals surface area contributed by atoms with Crippen molar-refractivity contribution in [3.05, 3.63) is 59.5 Å². The molecule has 1 aromatic carbocycles. The van der Waals surface area contributed by atoms with Gasteiger partial charge >= 0.3 is 0 Å². The number of carbonyl (C=O) groups excluding carboxylic acids is 2. The van der Waals surface area contributed by atoms with E-state index in [1.165, 1.54) is 0 Å². The molecule has 0 aliphatic carbocycles. The van der Waals surface area contributed by atoms with Crippen molar-refractivity contribution in [1.82, 2.24) is 24.6 Å². The van der Waals surface area contributed by atoms with Gasteiger partial charge in [0.25, 0.3) is 5.91 Å². The predicted molar refractivity (Wildman–Crippen MR) is 105 cm³/mol. The third-order valence-electron chi connectivity index (χ3n) is 5.30. The number of hydrogen-bond donors (Lipinski definition) is 1. The smallest absolute Gasteiger partial charge is 0.267 e. The Labute approximate surface area is 161 Å². The van der Waals surface area contributed by atoms with E-state index in [-0.39, 0.29) is 18.1 Å². The zero-order chi connectivity index (χ0) is 19.3. The van der Waals surface area contributed by atoms with Crippen LogP contribution >= 0.6 is 0 Å². The lowest BCUT2D eigenvalue weighted by Gasteiger charge is -2.07. The zero-order valence-corrected chi connectivity index (χ0v) is 15.5. The molecule has 4 heterocycles. The molecule has 1 amide bonds. The van der Waals surface area contributed by atoms with Gasteiger partial charge in [0.2, 0.25) is 0 Å². The maximum absolute atomic E-state index is 12.9. The van der Waals surface area contributed by atoms with Crippen LogP contribution in [0.5, 0.6) is 0 Å². The Balaban J connectivity index is 1.48. The van der Waals surface area contributed by atoms with E-state index in [0.717, 1.165) is 40.5 Å². The number of Topliss-reactive ketones (excluding diaryl/α,β-unsaturated/α-hetero) is 1. The molecule has 1 aliphatic rings. The molecule has 0 bridgehead atoms. The SMILES string of the molecule is Cn1ncc2cc(CC(=O)c3ccc4cc5n(c4c3)CCCNC5=O)cnc21. The van der Waals surface area contributed by atoms with Crippen LogP contribution in [-0.4, -0.2) is 37.6 Å². The van der Waals surface area contributed by atoms with Gasteiger partial charge in [0.05, 0.1) is 6.20 Å². The number of fused-ring (bicyclic) bond motifs is 4. The molecule has 1 N–H and O–H groups in total. The summed E-state index contributed by atoms with van der Waals surface area (Å²) in [7, 11) is 1.84. The number of pyridine rings is 1. The quantitative estimate of drug-likeness (QED) is 0.560. The van der Waals surface area contributed by atoms with Gasteiger partial charge in [-0.25, -0.2) is 4.98 Å². The van der Waals surface area contributed by atoms with E-state index in [0.29, 0.717) is 17.8 Å². The van der Waals surface area contributed by atoms with Gasteiger partial charge in [0.15, 0.2) is 11.4 Å². The van der Waals surface area contributed by atoms with Crippen molar-refractivity contribution in [3.63, 3.8) is 0 Å². The van der Waals surface area contributed by atoms with Crippen molar-refractivity contribution in [2.24, 2.45) is 7.05 Å². The van der Waals surface area contributed by atoms with E-state index in [1.54, 1.807) is 17.1 Å². The number of aryl methyl sites for hydroxylation is 2. The standard InChI is InChI=1S/C21H19N5O2/c1-25-20-16(12-24-25)7-13(11-23-20)8-19(27)15-4-3-14-9-18-21(28)22-5-2-6-26(18)17(14)10-15/h3-4,7,9-12H,2,5-6,8H2,1H3,(H,22,28). The molecule has 0 radical (unpaired) electrons. The Morgan fingerprint density at radius 3 is 2.96 bits per heavy atom. The van der Waals surface area contributed by atoms with Crippen LogP contribution in [0.3, 0.4) is 0 Å². The third kappa shape index (κ3) is 2.67. The van der Waals surface area contributed by atoms with Crippen molar-refractivity contribution in [3.8, 4) is 0 Å². The molecule has 1 aliphatic heterocycles. The molecule has 0 spiro atoms. The fourth-order valence-corrected chi connectivity index (χ4v) is 3.86. The van der Waals surface area contributed by atoms with Crippen LogP contribution in [0, 0.1) is 0 Å². The molecule has 0 atom stereocenters. The van der Waals surface area contributed by atoms with Gasteiger partial charge in [0.1, 0.15) is 5.69 Å². The maximum Gasteiger partial charge on any atom is 0.267 e. The Morgan fingerprint density at radius 2 is 2.07 bits per heavy atom. The minimum atomic E-state index is -0.0579. The van der Waals surface area contributed by atoms with Gasteiger partial charge < -0.3 is 9.88 Å². The second kappa shape index (κ2) is 6.30. The van der Waals surface area contributed by atoms with Crippen LogP contribution in [0.25, 0.3) is 21.9 Å². The second-order valence-electron chi connectivity index (χ2n) is 7.19. The van der Waals surface area contributed by atoms with E-state index in [9.17, 15) is 9.59 Å². The fraction of sp³-hybridized carbons (Fsp3) is 0.238. The van der Waals surface area contributed by atoms with Crippen LogP contribution in [0.15, 0.2) is 42.7 Å². The van der Waals surface area contributed by atoms with Gasteiger partial charge in [-0.2, -0.15) is 5.10 Å². The summed E-state index contributed by atoms with van der Waals surface area (Å²) >= 11 is 0. The molecule has 0 unspecified atom stereocenters. The average molecular weight is 373 g/mol. The number of nitrogens with zero attached hydrogens (tertiary/aromatic N) is 4. The van der Waals surface area contributed by atoms with Gasteiger partial charge in [-0.05, 0) is 30.2 Å². The molecule has 7 heteroatoms. The highest BCUT2D eigenvalue weighted by Crippen LogP contribution is 2.24. The molecule has 28 heavy (non-hydrogen) atoms. The number of carbonyl (C=O) groups is 2. The van der Waals surface area contributed by atoms with Crippen molar-refractivity contribution in [2.75, 3.05) is 6.54 Å². The summed E-state index contributed by atoms with van der Waals surface area (Å²) in [6.45, 7) is 1.43. The Kier molecular flexibility index (Phi) is 3.75. The number of aromatic nitrogens is 4.